The lowest BCUT2D eigenvalue weighted by atomic mass is 10.1. The van der Waals surface area contributed by atoms with Gasteiger partial charge in [0.2, 0.25) is 0 Å². The summed E-state index contributed by atoms with van der Waals surface area (Å²) in [6.45, 7) is 4.74. The highest BCUT2D eigenvalue weighted by atomic mass is 32.2. The van der Waals surface area contributed by atoms with E-state index in [0.29, 0.717) is 25.5 Å². The second-order valence-electron chi connectivity index (χ2n) is 6.64. The molecule has 25 heavy (non-hydrogen) atoms. The summed E-state index contributed by atoms with van der Waals surface area (Å²) in [7, 11) is -1.19. The van der Waals surface area contributed by atoms with Crippen molar-refractivity contribution in [2.24, 2.45) is 4.99 Å². The van der Waals surface area contributed by atoms with Crippen molar-refractivity contribution in [2.45, 2.75) is 32.4 Å². The van der Waals surface area contributed by atoms with Crippen molar-refractivity contribution in [3.05, 3.63) is 35.4 Å². The number of rotatable bonds is 8. The molecule has 0 bridgehead atoms. The number of hydrogen-bond acceptors (Lipinski definition) is 4. The third-order valence-electron chi connectivity index (χ3n) is 4.30. The predicted octanol–water partition coefficient (Wildman–Crippen LogP) is 1.38. The zero-order valence-electron chi connectivity index (χ0n) is 15.3. The van der Waals surface area contributed by atoms with Crippen LogP contribution in [0.15, 0.2) is 29.3 Å². The summed E-state index contributed by atoms with van der Waals surface area (Å²) < 4.78 is 22.2. The lowest BCUT2D eigenvalue weighted by Gasteiger charge is -2.15. The number of nitrogens with one attached hydrogen (secondary N) is 2. The summed E-state index contributed by atoms with van der Waals surface area (Å²) in [4.78, 5) is 6.66. The summed E-state index contributed by atoms with van der Waals surface area (Å²) >= 11 is 0. The van der Waals surface area contributed by atoms with E-state index in [2.05, 4.69) is 44.8 Å². The van der Waals surface area contributed by atoms with Gasteiger partial charge in [0.15, 0.2) is 5.96 Å². The molecule has 2 N–H and O–H groups in total. The quantitative estimate of drug-likeness (QED) is 0.413. The average molecular weight is 367 g/mol. The first kappa shape index (κ1) is 19.7. The largest absolute Gasteiger partial charge is 0.356 e. The Morgan fingerprint density at radius 3 is 2.36 bits per heavy atom. The molecule has 0 saturated carbocycles. The van der Waals surface area contributed by atoms with Crippen LogP contribution in [0.25, 0.3) is 0 Å². The molecule has 1 aromatic rings. The van der Waals surface area contributed by atoms with Crippen LogP contribution in [0.2, 0.25) is 0 Å². The maximum atomic E-state index is 11.1. The summed E-state index contributed by atoms with van der Waals surface area (Å²) in [6.07, 6.45) is 4.47. The highest BCUT2D eigenvalue weighted by Crippen LogP contribution is 2.13. The smallest absolute Gasteiger partial charge is 0.191 e. The van der Waals surface area contributed by atoms with E-state index in [4.69, 9.17) is 0 Å². The molecule has 1 aromatic carbocycles. The fraction of sp³-hybridized carbons (Fsp3) is 0.611. The number of hydrogen-bond donors (Lipinski definition) is 2. The van der Waals surface area contributed by atoms with Gasteiger partial charge in [0.05, 0.1) is 5.75 Å². The van der Waals surface area contributed by atoms with Gasteiger partial charge in [0, 0.05) is 32.9 Å². The van der Waals surface area contributed by atoms with Gasteiger partial charge < -0.3 is 10.6 Å². The molecule has 140 valence electrons. The Morgan fingerprint density at radius 1 is 1.12 bits per heavy atom. The summed E-state index contributed by atoms with van der Waals surface area (Å²) in [5, 5.41) is 6.39. The molecular weight excluding hydrogens is 336 g/mol. The standard InChI is InChI=1S/C18H30N4O2S/c1-19-18(20-10-5-13-25(2,23)24)21-14-16-6-8-17(9-7-16)15-22-11-3-4-12-22/h6-9H,3-5,10-15H2,1-2H3,(H2,19,20,21). The fourth-order valence-electron chi connectivity index (χ4n) is 2.91. The minimum Gasteiger partial charge on any atom is -0.356 e. The molecule has 0 radical (unpaired) electrons. The first-order valence-electron chi connectivity index (χ1n) is 8.89. The molecule has 1 saturated heterocycles. The molecule has 1 aliphatic heterocycles. The molecule has 0 atom stereocenters. The first-order chi connectivity index (χ1) is 12.0. The summed E-state index contributed by atoms with van der Waals surface area (Å²) in [5.74, 6) is 0.879. The molecule has 0 spiro atoms. The van der Waals surface area contributed by atoms with E-state index in [-0.39, 0.29) is 5.75 Å². The van der Waals surface area contributed by atoms with Crippen molar-refractivity contribution >= 4 is 15.8 Å². The molecular formula is C18H30N4O2S. The van der Waals surface area contributed by atoms with Gasteiger partial charge in [0.1, 0.15) is 9.84 Å². The van der Waals surface area contributed by atoms with Crippen LogP contribution < -0.4 is 10.6 Å². The molecule has 7 heteroatoms. The van der Waals surface area contributed by atoms with E-state index in [9.17, 15) is 8.42 Å². The molecule has 1 aliphatic rings. The second-order valence-corrected chi connectivity index (χ2v) is 8.90. The van der Waals surface area contributed by atoms with Gasteiger partial charge in [-0.1, -0.05) is 24.3 Å². The number of nitrogens with zero attached hydrogens (tertiary/aromatic N) is 2. The Morgan fingerprint density at radius 2 is 1.76 bits per heavy atom. The van der Waals surface area contributed by atoms with E-state index < -0.39 is 9.84 Å². The molecule has 2 rings (SSSR count). The molecule has 0 aromatic heterocycles. The zero-order chi connectivity index (χ0) is 18.1. The van der Waals surface area contributed by atoms with Crippen LogP contribution in [0, 0.1) is 0 Å². The number of sulfone groups is 1. The Kier molecular flexibility index (Phi) is 7.71. The maximum Gasteiger partial charge on any atom is 0.191 e. The Labute approximate surface area is 151 Å². The van der Waals surface area contributed by atoms with Crippen LogP contribution in [-0.4, -0.2) is 58.0 Å². The third kappa shape index (κ3) is 7.88. The van der Waals surface area contributed by atoms with Crippen LogP contribution in [-0.2, 0) is 22.9 Å². The van der Waals surface area contributed by atoms with Gasteiger partial charge in [-0.15, -0.1) is 0 Å². The predicted molar refractivity (Wildman–Crippen MR) is 103 cm³/mol. The van der Waals surface area contributed by atoms with E-state index >= 15 is 0 Å². The van der Waals surface area contributed by atoms with Gasteiger partial charge in [-0.3, -0.25) is 9.89 Å². The number of benzene rings is 1. The van der Waals surface area contributed by atoms with Crippen LogP contribution in [0.5, 0.6) is 0 Å². The normalized spacial score (nSPS) is 16.2. The highest BCUT2D eigenvalue weighted by molar-refractivity contribution is 7.90. The minimum atomic E-state index is -2.90. The van der Waals surface area contributed by atoms with Crippen molar-refractivity contribution in [1.29, 1.82) is 0 Å². The summed E-state index contributed by atoms with van der Waals surface area (Å²) in [5.41, 5.74) is 2.55. The third-order valence-corrected chi connectivity index (χ3v) is 5.33. The van der Waals surface area contributed by atoms with Crippen LogP contribution in [0.4, 0.5) is 0 Å². The Hall–Kier alpha value is -1.60. The molecule has 1 fully saturated rings. The molecule has 1 heterocycles. The van der Waals surface area contributed by atoms with Crippen molar-refractivity contribution in [2.75, 3.05) is 38.7 Å². The monoisotopic (exact) mass is 366 g/mol. The van der Waals surface area contributed by atoms with Gasteiger partial charge in [-0.05, 0) is 43.5 Å². The van der Waals surface area contributed by atoms with Crippen molar-refractivity contribution in [3.8, 4) is 0 Å². The van der Waals surface area contributed by atoms with Gasteiger partial charge in [-0.25, -0.2) is 8.42 Å². The Balaban J connectivity index is 1.71. The molecule has 6 nitrogen and oxygen atoms in total. The van der Waals surface area contributed by atoms with Gasteiger partial charge >= 0.3 is 0 Å². The lowest BCUT2D eigenvalue weighted by Crippen LogP contribution is -2.37. The van der Waals surface area contributed by atoms with Crippen LogP contribution >= 0.6 is 0 Å². The first-order valence-corrected chi connectivity index (χ1v) is 10.9. The maximum absolute atomic E-state index is 11.1. The van der Waals surface area contributed by atoms with Crippen molar-refractivity contribution < 1.29 is 8.42 Å². The number of aliphatic imine (C=N–C) groups is 1. The average Bonchev–Trinajstić information content (AvgIpc) is 3.07. The second kappa shape index (κ2) is 9.77. The SMILES string of the molecule is CN=C(NCCCS(C)(=O)=O)NCc1ccc(CN2CCCC2)cc1. The van der Waals surface area contributed by atoms with Gasteiger partial charge in [0.25, 0.3) is 0 Å². The number of likely N-dealkylation sites (tertiary alicyclic amines) is 1. The topological polar surface area (TPSA) is 73.8 Å². The molecule has 0 amide bonds. The highest BCUT2D eigenvalue weighted by Gasteiger charge is 2.11. The Bertz CT molecular complexity index is 650. The van der Waals surface area contributed by atoms with Crippen molar-refractivity contribution in [3.63, 3.8) is 0 Å². The van der Waals surface area contributed by atoms with E-state index in [1.165, 1.54) is 43.3 Å². The number of guanidine groups is 1. The fourth-order valence-corrected chi connectivity index (χ4v) is 3.58. The zero-order valence-corrected chi connectivity index (χ0v) is 16.1. The lowest BCUT2D eigenvalue weighted by molar-refractivity contribution is 0.331. The summed E-state index contributed by atoms with van der Waals surface area (Å²) in [6, 6.07) is 8.68. The molecule has 0 unspecified atom stereocenters. The van der Waals surface area contributed by atoms with E-state index in [0.717, 1.165) is 6.54 Å². The molecule has 0 aliphatic carbocycles. The van der Waals surface area contributed by atoms with Gasteiger partial charge in [-0.2, -0.15) is 0 Å². The van der Waals surface area contributed by atoms with Crippen LogP contribution in [0.1, 0.15) is 30.4 Å². The van der Waals surface area contributed by atoms with Crippen molar-refractivity contribution in [1.82, 2.24) is 15.5 Å². The van der Waals surface area contributed by atoms with E-state index in [1.54, 1.807) is 7.05 Å². The van der Waals surface area contributed by atoms with E-state index in [1.807, 2.05) is 0 Å². The minimum absolute atomic E-state index is 0.190. The van der Waals surface area contributed by atoms with Crippen LogP contribution in [0.3, 0.4) is 0 Å².